The van der Waals surface area contributed by atoms with Gasteiger partial charge in [-0.15, -0.1) is 0 Å². The predicted octanol–water partition coefficient (Wildman–Crippen LogP) is 3.67. The lowest BCUT2D eigenvalue weighted by Gasteiger charge is -2.26. The highest BCUT2D eigenvalue weighted by Gasteiger charge is 2.10. The summed E-state index contributed by atoms with van der Waals surface area (Å²) in [7, 11) is 0. The number of aromatic hydroxyl groups is 1. The van der Waals surface area contributed by atoms with Crippen LogP contribution in [0.2, 0.25) is 0 Å². The summed E-state index contributed by atoms with van der Waals surface area (Å²) in [6, 6.07) is 16.3. The summed E-state index contributed by atoms with van der Waals surface area (Å²) in [5.41, 5.74) is 3.81. The van der Waals surface area contributed by atoms with E-state index in [0.717, 1.165) is 25.2 Å². The van der Waals surface area contributed by atoms with Crippen LogP contribution in [-0.2, 0) is 19.6 Å². The zero-order valence-corrected chi connectivity index (χ0v) is 13.7. The lowest BCUT2D eigenvalue weighted by atomic mass is 10.1. The van der Waals surface area contributed by atoms with Crippen molar-refractivity contribution in [3.63, 3.8) is 0 Å². The molecule has 2 aromatic rings. The summed E-state index contributed by atoms with van der Waals surface area (Å²) in [6.45, 7) is 5.18. The van der Waals surface area contributed by atoms with E-state index < -0.39 is 0 Å². The van der Waals surface area contributed by atoms with Crippen molar-refractivity contribution in [1.29, 1.82) is 0 Å². The quantitative estimate of drug-likeness (QED) is 0.854. The van der Waals surface area contributed by atoms with Crippen LogP contribution in [0.1, 0.15) is 36.0 Å². The highest BCUT2D eigenvalue weighted by atomic mass is 16.3. The van der Waals surface area contributed by atoms with Gasteiger partial charge in [-0.2, -0.15) is 0 Å². The van der Waals surface area contributed by atoms with Crippen LogP contribution >= 0.6 is 0 Å². The standard InChI is InChI=1S/C20H26N2O/c23-20-6-4-5-19(13-20)15-21-14-17-7-9-18(10-8-17)16-22-11-2-1-3-12-22/h4-10,13,21,23H,1-3,11-12,14-16H2. The maximum absolute atomic E-state index is 9.46. The van der Waals surface area contributed by atoms with E-state index in [2.05, 4.69) is 34.5 Å². The first-order chi connectivity index (χ1) is 11.3. The number of likely N-dealkylation sites (tertiary alicyclic amines) is 1. The minimum atomic E-state index is 0.325. The Morgan fingerprint density at radius 1 is 0.826 bits per heavy atom. The predicted molar refractivity (Wildman–Crippen MR) is 94.2 cm³/mol. The number of piperidine rings is 1. The van der Waals surface area contributed by atoms with Gasteiger partial charge in [-0.1, -0.05) is 42.8 Å². The summed E-state index contributed by atoms with van der Waals surface area (Å²) in [5.74, 6) is 0.325. The Morgan fingerprint density at radius 3 is 2.26 bits per heavy atom. The Labute approximate surface area is 139 Å². The van der Waals surface area contributed by atoms with E-state index in [1.54, 1.807) is 12.1 Å². The zero-order chi connectivity index (χ0) is 15.9. The molecule has 0 aliphatic carbocycles. The fourth-order valence-corrected chi connectivity index (χ4v) is 3.16. The smallest absolute Gasteiger partial charge is 0.115 e. The SMILES string of the molecule is Oc1cccc(CNCc2ccc(CN3CCCCC3)cc2)c1. The molecule has 0 atom stereocenters. The van der Waals surface area contributed by atoms with Crippen molar-refractivity contribution in [2.24, 2.45) is 0 Å². The zero-order valence-electron chi connectivity index (χ0n) is 13.7. The molecule has 3 nitrogen and oxygen atoms in total. The van der Waals surface area contributed by atoms with Gasteiger partial charge in [0.05, 0.1) is 0 Å². The number of hydrogen-bond donors (Lipinski definition) is 2. The number of benzene rings is 2. The van der Waals surface area contributed by atoms with Gasteiger partial charge in [-0.05, 0) is 54.8 Å². The molecule has 0 bridgehead atoms. The fourth-order valence-electron chi connectivity index (χ4n) is 3.16. The third-order valence-electron chi connectivity index (χ3n) is 4.45. The van der Waals surface area contributed by atoms with Crippen LogP contribution in [0.15, 0.2) is 48.5 Å². The Balaban J connectivity index is 1.45. The van der Waals surface area contributed by atoms with E-state index >= 15 is 0 Å². The van der Waals surface area contributed by atoms with Crippen molar-refractivity contribution in [3.8, 4) is 5.75 Å². The van der Waals surface area contributed by atoms with E-state index in [1.165, 1.54) is 43.5 Å². The van der Waals surface area contributed by atoms with Gasteiger partial charge in [-0.3, -0.25) is 4.90 Å². The number of phenolic OH excluding ortho intramolecular Hbond substituents is 1. The maximum atomic E-state index is 9.46. The van der Waals surface area contributed by atoms with E-state index in [-0.39, 0.29) is 0 Å². The van der Waals surface area contributed by atoms with Gasteiger partial charge < -0.3 is 10.4 Å². The molecule has 1 aliphatic rings. The van der Waals surface area contributed by atoms with Gasteiger partial charge in [0.2, 0.25) is 0 Å². The summed E-state index contributed by atoms with van der Waals surface area (Å²) in [4.78, 5) is 2.55. The molecule has 0 radical (unpaired) electrons. The molecule has 0 spiro atoms. The lowest BCUT2D eigenvalue weighted by Crippen LogP contribution is -2.29. The van der Waals surface area contributed by atoms with E-state index in [4.69, 9.17) is 0 Å². The maximum Gasteiger partial charge on any atom is 0.115 e. The van der Waals surface area contributed by atoms with Crippen molar-refractivity contribution >= 4 is 0 Å². The molecule has 0 unspecified atom stereocenters. The fraction of sp³-hybridized carbons (Fsp3) is 0.400. The highest BCUT2D eigenvalue weighted by Crippen LogP contribution is 2.14. The van der Waals surface area contributed by atoms with Crippen LogP contribution in [0.4, 0.5) is 0 Å². The molecule has 3 rings (SSSR count). The van der Waals surface area contributed by atoms with Crippen LogP contribution < -0.4 is 5.32 Å². The molecule has 23 heavy (non-hydrogen) atoms. The molecule has 0 saturated carbocycles. The van der Waals surface area contributed by atoms with Crippen molar-refractivity contribution in [2.75, 3.05) is 13.1 Å². The number of hydrogen-bond acceptors (Lipinski definition) is 3. The molecule has 1 aliphatic heterocycles. The first kappa shape index (κ1) is 16.0. The minimum Gasteiger partial charge on any atom is -0.508 e. The van der Waals surface area contributed by atoms with E-state index in [1.807, 2.05) is 12.1 Å². The number of nitrogens with one attached hydrogen (secondary N) is 1. The molecule has 1 saturated heterocycles. The van der Waals surface area contributed by atoms with Crippen LogP contribution in [0.5, 0.6) is 5.75 Å². The Hall–Kier alpha value is -1.84. The molecule has 2 N–H and O–H groups in total. The van der Waals surface area contributed by atoms with E-state index in [9.17, 15) is 5.11 Å². The normalized spacial score (nSPS) is 15.7. The average Bonchev–Trinajstić information content (AvgIpc) is 2.58. The van der Waals surface area contributed by atoms with Gasteiger partial charge in [0.1, 0.15) is 5.75 Å². The highest BCUT2D eigenvalue weighted by molar-refractivity contribution is 5.27. The molecule has 2 aromatic carbocycles. The number of nitrogens with zero attached hydrogens (tertiary/aromatic N) is 1. The topological polar surface area (TPSA) is 35.5 Å². The Kier molecular flexibility index (Phi) is 5.67. The second-order valence-corrected chi connectivity index (χ2v) is 6.43. The summed E-state index contributed by atoms with van der Waals surface area (Å²) >= 11 is 0. The lowest BCUT2D eigenvalue weighted by molar-refractivity contribution is 0.221. The number of phenols is 1. The summed E-state index contributed by atoms with van der Waals surface area (Å²) < 4.78 is 0. The van der Waals surface area contributed by atoms with Gasteiger partial charge >= 0.3 is 0 Å². The Bertz CT molecular complexity index is 603. The van der Waals surface area contributed by atoms with Crippen molar-refractivity contribution < 1.29 is 5.11 Å². The second-order valence-electron chi connectivity index (χ2n) is 6.43. The molecular weight excluding hydrogens is 284 g/mol. The summed E-state index contributed by atoms with van der Waals surface area (Å²) in [5, 5.41) is 12.9. The first-order valence-electron chi connectivity index (χ1n) is 8.58. The van der Waals surface area contributed by atoms with Gasteiger partial charge in [-0.25, -0.2) is 0 Å². The molecule has 0 amide bonds. The minimum absolute atomic E-state index is 0.325. The molecule has 3 heteroatoms. The average molecular weight is 310 g/mol. The first-order valence-corrected chi connectivity index (χ1v) is 8.58. The van der Waals surface area contributed by atoms with Crippen LogP contribution in [0.3, 0.4) is 0 Å². The summed E-state index contributed by atoms with van der Waals surface area (Å²) in [6.07, 6.45) is 4.08. The third kappa shape index (κ3) is 5.08. The van der Waals surface area contributed by atoms with Crippen LogP contribution in [-0.4, -0.2) is 23.1 Å². The molecule has 1 heterocycles. The number of rotatable bonds is 6. The van der Waals surface area contributed by atoms with Gasteiger partial charge in [0.25, 0.3) is 0 Å². The molecular formula is C20H26N2O. The van der Waals surface area contributed by atoms with Crippen molar-refractivity contribution in [2.45, 2.75) is 38.9 Å². The Morgan fingerprint density at radius 2 is 1.52 bits per heavy atom. The second kappa shape index (κ2) is 8.14. The molecule has 0 aromatic heterocycles. The van der Waals surface area contributed by atoms with Gasteiger partial charge in [0, 0.05) is 19.6 Å². The van der Waals surface area contributed by atoms with E-state index in [0.29, 0.717) is 5.75 Å². The third-order valence-corrected chi connectivity index (χ3v) is 4.45. The largest absolute Gasteiger partial charge is 0.508 e. The van der Waals surface area contributed by atoms with Crippen molar-refractivity contribution in [1.82, 2.24) is 10.2 Å². The molecule has 1 fully saturated rings. The van der Waals surface area contributed by atoms with Crippen molar-refractivity contribution in [3.05, 3.63) is 65.2 Å². The monoisotopic (exact) mass is 310 g/mol. The van der Waals surface area contributed by atoms with Crippen LogP contribution in [0.25, 0.3) is 0 Å². The van der Waals surface area contributed by atoms with Crippen LogP contribution in [0, 0.1) is 0 Å². The molecule has 122 valence electrons. The van der Waals surface area contributed by atoms with Gasteiger partial charge in [0.15, 0.2) is 0 Å².